The van der Waals surface area contributed by atoms with E-state index in [1.807, 2.05) is 0 Å². The quantitative estimate of drug-likeness (QED) is 0.602. The van der Waals surface area contributed by atoms with E-state index in [0.29, 0.717) is 6.04 Å². The summed E-state index contributed by atoms with van der Waals surface area (Å²) >= 11 is 0. The van der Waals surface area contributed by atoms with E-state index in [9.17, 15) is 0 Å². The SMILES string of the molecule is CCC(N)C1CCCC1. The van der Waals surface area contributed by atoms with Crippen LogP contribution in [0.1, 0.15) is 39.0 Å². The molecule has 1 rings (SSSR count). The van der Waals surface area contributed by atoms with Gasteiger partial charge in [0.1, 0.15) is 0 Å². The molecular formula is C8H17N. The van der Waals surface area contributed by atoms with Crippen LogP contribution < -0.4 is 5.73 Å². The summed E-state index contributed by atoms with van der Waals surface area (Å²) in [6, 6.07) is 0.493. The van der Waals surface area contributed by atoms with Crippen LogP contribution in [0.15, 0.2) is 0 Å². The standard InChI is InChI=1S/C8H17N/c1-2-8(9)7-5-3-4-6-7/h7-8H,2-6,9H2,1H3. The Labute approximate surface area is 57.6 Å². The maximum atomic E-state index is 5.88. The largest absolute Gasteiger partial charge is 0.327 e. The minimum Gasteiger partial charge on any atom is -0.327 e. The summed E-state index contributed by atoms with van der Waals surface area (Å²) in [6.07, 6.45) is 6.76. The summed E-state index contributed by atoms with van der Waals surface area (Å²) in [5, 5.41) is 0. The number of nitrogens with two attached hydrogens (primary N) is 1. The van der Waals surface area contributed by atoms with Gasteiger partial charge < -0.3 is 5.73 Å². The van der Waals surface area contributed by atoms with E-state index in [-0.39, 0.29) is 0 Å². The van der Waals surface area contributed by atoms with E-state index in [1.54, 1.807) is 0 Å². The van der Waals surface area contributed by atoms with E-state index in [2.05, 4.69) is 6.92 Å². The highest BCUT2D eigenvalue weighted by Gasteiger charge is 2.19. The second kappa shape index (κ2) is 3.21. The lowest BCUT2D eigenvalue weighted by Crippen LogP contribution is -2.26. The van der Waals surface area contributed by atoms with Crippen LogP contribution in [0.2, 0.25) is 0 Å². The topological polar surface area (TPSA) is 26.0 Å². The average Bonchev–Trinajstić information content (AvgIpc) is 2.37. The molecule has 0 saturated heterocycles. The minimum atomic E-state index is 0.493. The first-order valence-corrected chi connectivity index (χ1v) is 4.10. The number of hydrogen-bond acceptors (Lipinski definition) is 1. The highest BCUT2D eigenvalue weighted by molar-refractivity contribution is 4.76. The van der Waals surface area contributed by atoms with Crippen molar-refractivity contribution >= 4 is 0 Å². The van der Waals surface area contributed by atoms with E-state index in [1.165, 1.54) is 25.7 Å². The molecule has 0 radical (unpaired) electrons. The lowest BCUT2D eigenvalue weighted by Gasteiger charge is -2.15. The Hall–Kier alpha value is -0.0400. The molecule has 1 nitrogen and oxygen atoms in total. The molecule has 1 fully saturated rings. The van der Waals surface area contributed by atoms with Gasteiger partial charge in [0.05, 0.1) is 0 Å². The average molecular weight is 127 g/mol. The smallest absolute Gasteiger partial charge is 0.00645 e. The highest BCUT2D eigenvalue weighted by atomic mass is 14.6. The zero-order valence-corrected chi connectivity index (χ0v) is 6.27. The molecule has 0 bridgehead atoms. The van der Waals surface area contributed by atoms with Crippen LogP contribution in [-0.4, -0.2) is 6.04 Å². The predicted octanol–water partition coefficient (Wildman–Crippen LogP) is 1.91. The summed E-state index contributed by atoms with van der Waals surface area (Å²) in [7, 11) is 0. The van der Waals surface area contributed by atoms with Gasteiger partial charge >= 0.3 is 0 Å². The van der Waals surface area contributed by atoms with Gasteiger partial charge in [-0.3, -0.25) is 0 Å². The highest BCUT2D eigenvalue weighted by Crippen LogP contribution is 2.27. The van der Waals surface area contributed by atoms with Crippen LogP contribution in [0.4, 0.5) is 0 Å². The molecule has 0 aromatic heterocycles. The van der Waals surface area contributed by atoms with Crippen molar-refractivity contribution in [2.24, 2.45) is 11.7 Å². The summed E-state index contributed by atoms with van der Waals surface area (Å²) in [5.74, 6) is 0.856. The fourth-order valence-corrected chi connectivity index (χ4v) is 1.72. The van der Waals surface area contributed by atoms with E-state index in [4.69, 9.17) is 5.73 Å². The summed E-state index contributed by atoms with van der Waals surface area (Å²) in [4.78, 5) is 0. The van der Waals surface area contributed by atoms with Gasteiger partial charge in [-0.1, -0.05) is 19.8 Å². The Balaban J connectivity index is 2.24. The minimum absolute atomic E-state index is 0.493. The van der Waals surface area contributed by atoms with Gasteiger partial charge in [-0.25, -0.2) is 0 Å². The molecular weight excluding hydrogens is 110 g/mol. The van der Waals surface area contributed by atoms with E-state index >= 15 is 0 Å². The molecule has 2 N–H and O–H groups in total. The lowest BCUT2D eigenvalue weighted by molar-refractivity contribution is 0.422. The van der Waals surface area contributed by atoms with Crippen LogP contribution in [0.25, 0.3) is 0 Å². The van der Waals surface area contributed by atoms with Gasteiger partial charge in [-0.2, -0.15) is 0 Å². The van der Waals surface area contributed by atoms with Crippen molar-refractivity contribution in [2.45, 2.75) is 45.1 Å². The van der Waals surface area contributed by atoms with Crippen molar-refractivity contribution in [3.8, 4) is 0 Å². The molecule has 1 aliphatic carbocycles. The third-order valence-corrected chi connectivity index (χ3v) is 2.48. The molecule has 0 amide bonds. The molecule has 1 atom stereocenters. The van der Waals surface area contributed by atoms with Gasteiger partial charge in [0.15, 0.2) is 0 Å². The lowest BCUT2D eigenvalue weighted by atomic mass is 9.97. The van der Waals surface area contributed by atoms with Crippen molar-refractivity contribution in [3.63, 3.8) is 0 Å². The molecule has 0 aliphatic heterocycles. The van der Waals surface area contributed by atoms with Crippen LogP contribution in [0.3, 0.4) is 0 Å². The summed E-state index contributed by atoms with van der Waals surface area (Å²) in [6.45, 7) is 2.18. The Kier molecular flexibility index (Phi) is 2.52. The molecule has 9 heavy (non-hydrogen) atoms. The molecule has 1 saturated carbocycles. The van der Waals surface area contributed by atoms with Gasteiger partial charge in [0, 0.05) is 6.04 Å². The first kappa shape index (κ1) is 7.07. The van der Waals surface area contributed by atoms with Crippen LogP contribution >= 0.6 is 0 Å². The van der Waals surface area contributed by atoms with Gasteiger partial charge in [0.25, 0.3) is 0 Å². The van der Waals surface area contributed by atoms with Gasteiger partial charge in [0.2, 0.25) is 0 Å². The zero-order valence-electron chi connectivity index (χ0n) is 6.27. The Morgan fingerprint density at radius 1 is 1.44 bits per heavy atom. The predicted molar refractivity (Wildman–Crippen MR) is 40.2 cm³/mol. The van der Waals surface area contributed by atoms with Crippen LogP contribution in [0, 0.1) is 5.92 Å². The fourth-order valence-electron chi connectivity index (χ4n) is 1.72. The monoisotopic (exact) mass is 127 g/mol. The van der Waals surface area contributed by atoms with Crippen molar-refractivity contribution in [1.82, 2.24) is 0 Å². The summed E-state index contributed by atoms with van der Waals surface area (Å²) in [5.41, 5.74) is 5.88. The maximum absolute atomic E-state index is 5.88. The molecule has 0 aromatic rings. The molecule has 54 valence electrons. The first-order valence-electron chi connectivity index (χ1n) is 4.10. The second-order valence-electron chi connectivity index (χ2n) is 3.12. The molecule has 0 heterocycles. The van der Waals surface area contributed by atoms with Crippen molar-refractivity contribution in [3.05, 3.63) is 0 Å². The normalized spacial score (nSPS) is 24.7. The van der Waals surface area contributed by atoms with Crippen LogP contribution in [-0.2, 0) is 0 Å². The zero-order chi connectivity index (χ0) is 6.69. The second-order valence-corrected chi connectivity index (χ2v) is 3.12. The van der Waals surface area contributed by atoms with Crippen molar-refractivity contribution < 1.29 is 0 Å². The molecule has 1 heteroatoms. The Bertz CT molecular complexity index is 74.6. The number of hydrogen-bond donors (Lipinski definition) is 1. The molecule has 1 unspecified atom stereocenters. The fraction of sp³-hybridized carbons (Fsp3) is 1.00. The van der Waals surface area contributed by atoms with Gasteiger partial charge in [-0.05, 0) is 25.2 Å². The Morgan fingerprint density at radius 3 is 2.44 bits per heavy atom. The van der Waals surface area contributed by atoms with Crippen LogP contribution in [0.5, 0.6) is 0 Å². The molecule has 1 aliphatic rings. The van der Waals surface area contributed by atoms with E-state index < -0.39 is 0 Å². The maximum Gasteiger partial charge on any atom is 0.00645 e. The molecule has 0 aromatic carbocycles. The van der Waals surface area contributed by atoms with Crippen molar-refractivity contribution in [1.29, 1.82) is 0 Å². The van der Waals surface area contributed by atoms with E-state index in [0.717, 1.165) is 12.3 Å². The van der Waals surface area contributed by atoms with Crippen molar-refractivity contribution in [2.75, 3.05) is 0 Å². The first-order chi connectivity index (χ1) is 4.34. The number of rotatable bonds is 2. The molecule has 0 spiro atoms. The Morgan fingerprint density at radius 2 is 2.00 bits per heavy atom. The third kappa shape index (κ3) is 1.68. The third-order valence-electron chi connectivity index (χ3n) is 2.48. The van der Waals surface area contributed by atoms with Gasteiger partial charge in [-0.15, -0.1) is 0 Å². The summed E-state index contributed by atoms with van der Waals surface area (Å²) < 4.78 is 0.